The van der Waals surface area contributed by atoms with Crippen LogP contribution in [0.4, 0.5) is 0 Å². The van der Waals surface area contributed by atoms with Gasteiger partial charge in [0.2, 0.25) is 5.91 Å². The van der Waals surface area contributed by atoms with Gasteiger partial charge in [0, 0.05) is 19.0 Å². The monoisotopic (exact) mass is 435 g/mol. The Morgan fingerprint density at radius 3 is 2.57 bits per heavy atom. The summed E-state index contributed by atoms with van der Waals surface area (Å²) in [4.78, 5) is 15.3. The maximum Gasteiger partial charge on any atom is 0.264 e. The molecule has 0 spiro atoms. The zero-order valence-corrected chi connectivity index (χ0v) is 19.3. The summed E-state index contributed by atoms with van der Waals surface area (Å²) in [5, 5.41) is 0. The molecule has 6 nitrogen and oxygen atoms in total. The van der Waals surface area contributed by atoms with Crippen molar-refractivity contribution in [3.63, 3.8) is 0 Å². The lowest BCUT2D eigenvalue weighted by molar-refractivity contribution is -0.133. The number of carbonyl (C=O) groups is 1. The Morgan fingerprint density at radius 2 is 1.93 bits per heavy atom. The van der Waals surface area contributed by atoms with Gasteiger partial charge in [0.1, 0.15) is 5.75 Å². The Hall–Kier alpha value is -1.86. The van der Waals surface area contributed by atoms with Crippen LogP contribution >= 0.6 is 0 Å². The van der Waals surface area contributed by atoms with Gasteiger partial charge in [-0.15, -0.1) is 0 Å². The smallest absolute Gasteiger partial charge is 0.264 e. The third-order valence-electron chi connectivity index (χ3n) is 6.31. The van der Waals surface area contributed by atoms with E-state index in [1.54, 1.807) is 7.11 Å². The molecule has 166 valence electrons. The fourth-order valence-corrected chi connectivity index (χ4v) is 5.33. The van der Waals surface area contributed by atoms with E-state index in [1.165, 1.54) is 5.57 Å². The highest BCUT2D eigenvalue weighted by Crippen LogP contribution is 2.52. The lowest BCUT2D eigenvalue weighted by atomic mass is 9.88. The highest BCUT2D eigenvalue weighted by molar-refractivity contribution is 7.85. The summed E-state index contributed by atoms with van der Waals surface area (Å²) < 4.78 is 33.4. The number of carbonyl (C=O) groups excluding carboxylic acids is 1. The summed E-state index contributed by atoms with van der Waals surface area (Å²) in [6.07, 6.45) is 5.48. The van der Waals surface area contributed by atoms with E-state index in [2.05, 4.69) is 6.07 Å². The molecule has 0 saturated heterocycles. The van der Waals surface area contributed by atoms with Crippen LogP contribution in [0.25, 0.3) is 5.57 Å². The number of nitrogens with zero attached hydrogens (tertiary/aromatic N) is 1. The molecule has 0 fully saturated rings. The molecule has 1 aromatic rings. The number of benzene rings is 1. The van der Waals surface area contributed by atoms with Crippen molar-refractivity contribution >= 4 is 21.6 Å². The normalized spacial score (nSPS) is 21.1. The minimum absolute atomic E-state index is 0.0766. The maximum absolute atomic E-state index is 13.4. The molecule has 0 saturated carbocycles. The first-order chi connectivity index (χ1) is 14.3. The van der Waals surface area contributed by atoms with Gasteiger partial charge >= 0.3 is 0 Å². The van der Waals surface area contributed by atoms with Crippen molar-refractivity contribution in [2.45, 2.75) is 51.9 Å². The lowest BCUT2D eigenvalue weighted by Gasteiger charge is -2.26. The average molecular weight is 436 g/mol. The molecule has 2 atom stereocenters. The van der Waals surface area contributed by atoms with Crippen LogP contribution in [0.2, 0.25) is 0 Å². The summed E-state index contributed by atoms with van der Waals surface area (Å²) in [6.45, 7) is 5.57. The molecule has 3 rings (SSSR count). The topological polar surface area (TPSA) is 72.9 Å². The number of allylic oxidation sites excluding steroid dienone is 1. The zero-order valence-electron chi connectivity index (χ0n) is 18.4. The fourth-order valence-electron chi connectivity index (χ4n) is 4.93. The van der Waals surface area contributed by atoms with Crippen molar-refractivity contribution < 1.29 is 22.1 Å². The van der Waals surface area contributed by atoms with Crippen molar-refractivity contribution in [1.29, 1.82) is 0 Å². The molecule has 2 aliphatic carbocycles. The van der Waals surface area contributed by atoms with Gasteiger partial charge in [0.05, 0.1) is 25.9 Å². The highest BCUT2D eigenvalue weighted by atomic mass is 32.2. The van der Waals surface area contributed by atoms with Gasteiger partial charge in [0.15, 0.2) is 0 Å². The van der Waals surface area contributed by atoms with Crippen LogP contribution in [0.15, 0.2) is 23.8 Å². The second-order valence-corrected chi connectivity index (χ2v) is 9.71. The molecule has 2 unspecified atom stereocenters. The Morgan fingerprint density at radius 1 is 1.20 bits per heavy atom. The number of rotatable bonds is 8. The molecule has 7 heteroatoms. The second kappa shape index (κ2) is 9.52. The molecule has 0 radical (unpaired) electrons. The number of hydrogen-bond donors (Lipinski definition) is 0. The molecule has 2 aliphatic rings. The number of hydrogen-bond acceptors (Lipinski definition) is 5. The fraction of sp³-hybridized carbons (Fsp3) is 0.609. The minimum atomic E-state index is -3.48. The van der Waals surface area contributed by atoms with Crippen LogP contribution in [-0.4, -0.2) is 52.3 Å². The zero-order chi connectivity index (χ0) is 21.9. The summed E-state index contributed by atoms with van der Waals surface area (Å²) in [5.74, 6) is 0.880. The van der Waals surface area contributed by atoms with E-state index in [-0.39, 0.29) is 24.3 Å². The van der Waals surface area contributed by atoms with Crippen molar-refractivity contribution in [1.82, 2.24) is 4.90 Å². The molecule has 0 aromatic heterocycles. The van der Waals surface area contributed by atoms with E-state index in [0.29, 0.717) is 19.5 Å². The largest absolute Gasteiger partial charge is 0.497 e. The Balaban J connectivity index is 2.04. The number of methoxy groups -OCH3 is 1. The van der Waals surface area contributed by atoms with Crippen LogP contribution in [0.5, 0.6) is 5.75 Å². The molecule has 0 aliphatic heterocycles. The first-order valence-corrected chi connectivity index (χ1v) is 12.7. The SMILES string of the molecule is CCN(CC)C(=O)C1CCCCC2=C1c1cc(OC)ccc1C2CCOS(C)(=O)=O. The summed E-state index contributed by atoms with van der Waals surface area (Å²) in [6, 6.07) is 6.04. The van der Waals surface area contributed by atoms with Crippen molar-refractivity contribution in [3.8, 4) is 5.75 Å². The van der Waals surface area contributed by atoms with E-state index in [9.17, 15) is 13.2 Å². The molecule has 0 N–H and O–H groups in total. The van der Waals surface area contributed by atoms with Gasteiger partial charge in [-0.05, 0) is 68.4 Å². The van der Waals surface area contributed by atoms with Gasteiger partial charge < -0.3 is 9.64 Å². The third-order valence-corrected chi connectivity index (χ3v) is 6.90. The summed E-state index contributed by atoms with van der Waals surface area (Å²) in [7, 11) is -1.83. The quantitative estimate of drug-likeness (QED) is 0.578. The third kappa shape index (κ3) is 4.72. The molecule has 0 heterocycles. The molecular formula is C23H33NO5S. The predicted molar refractivity (Wildman–Crippen MR) is 118 cm³/mol. The summed E-state index contributed by atoms with van der Waals surface area (Å²) in [5.41, 5.74) is 4.65. The highest BCUT2D eigenvalue weighted by Gasteiger charge is 2.39. The standard InChI is InChI=1S/C23H33NO5S/c1-5-24(6-2)23(25)20-10-8-7-9-19-18(13-14-29-30(4,26)27)17-12-11-16(28-3)15-21(17)22(19)20/h11-12,15,18,20H,5-10,13-14H2,1-4H3. The molecule has 0 bridgehead atoms. The molecule has 1 amide bonds. The van der Waals surface area contributed by atoms with Gasteiger partial charge in [-0.3, -0.25) is 8.98 Å². The van der Waals surface area contributed by atoms with E-state index in [0.717, 1.165) is 54.4 Å². The Labute approximate surface area is 180 Å². The predicted octanol–water partition coefficient (Wildman–Crippen LogP) is 3.97. The molecular weight excluding hydrogens is 402 g/mol. The van der Waals surface area contributed by atoms with Gasteiger partial charge in [-0.2, -0.15) is 8.42 Å². The number of amides is 1. The Bertz CT molecular complexity index is 918. The van der Waals surface area contributed by atoms with Crippen molar-refractivity contribution in [2.24, 2.45) is 5.92 Å². The first-order valence-electron chi connectivity index (χ1n) is 10.8. The van der Waals surface area contributed by atoms with Crippen molar-refractivity contribution in [2.75, 3.05) is 33.1 Å². The summed E-state index contributed by atoms with van der Waals surface area (Å²) >= 11 is 0. The maximum atomic E-state index is 13.4. The Kier molecular flexibility index (Phi) is 7.24. The van der Waals surface area contributed by atoms with Gasteiger partial charge in [-0.1, -0.05) is 18.1 Å². The minimum Gasteiger partial charge on any atom is -0.497 e. The van der Waals surface area contributed by atoms with Crippen LogP contribution in [-0.2, 0) is 19.1 Å². The molecule has 1 aromatic carbocycles. The first kappa shape index (κ1) is 22.8. The van der Waals surface area contributed by atoms with Gasteiger partial charge in [-0.25, -0.2) is 0 Å². The van der Waals surface area contributed by atoms with Gasteiger partial charge in [0.25, 0.3) is 10.1 Å². The van der Waals surface area contributed by atoms with Crippen LogP contribution in [0.1, 0.15) is 63.0 Å². The van der Waals surface area contributed by atoms with Crippen LogP contribution < -0.4 is 4.74 Å². The second-order valence-electron chi connectivity index (χ2n) is 8.07. The van der Waals surface area contributed by atoms with E-state index >= 15 is 0 Å². The van der Waals surface area contributed by atoms with E-state index in [1.807, 2.05) is 30.9 Å². The number of ether oxygens (including phenoxy) is 1. The van der Waals surface area contributed by atoms with Crippen LogP contribution in [0.3, 0.4) is 0 Å². The van der Waals surface area contributed by atoms with Crippen LogP contribution in [0, 0.1) is 5.92 Å². The van der Waals surface area contributed by atoms with E-state index in [4.69, 9.17) is 8.92 Å². The van der Waals surface area contributed by atoms with E-state index < -0.39 is 10.1 Å². The molecule has 30 heavy (non-hydrogen) atoms. The van der Waals surface area contributed by atoms with Crippen molar-refractivity contribution in [3.05, 3.63) is 34.9 Å². The average Bonchev–Trinajstić information content (AvgIpc) is 2.86. The lowest BCUT2D eigenvalue weighted by Crippen LogP contribution is -2.36. The number of fused-ring (bicyclic) bond motifs is 2.